The molecular formula is C17H29N5O2. The lowest BCUT2D eigenvalue weighted by Crippen LogP contribution is -2.56. The van der Waals surface area contributed by atoms with E-state index < -0.39 is 5.54 Å². The first-order valence-electron chi connectivity index (χ1n) is 8.69. The summed E-state index contributed by atoms with van der Waals surface area (Å²) in [6, 6.07) is 2.41. The van der Waals surface area contributed by atoms with Crippen LogP contribution in [0.4, 0.5) is 0 Å². The van der Waals surface area contributed by atoms with E-state index in [4.69, 9.17) is 5.26 Å². The van der Waals surface area contributed by atoms with Gasteiger partial charge in [0.15, 0.2) is 0 Å². The minimum Gasteiger partial charge on any atom is -0.352 e. The monoisotopic (exact) mass is 335 g/mol. The van der Waals surface area contributed by atoms with Crippen molar-refractivity contribution in [2.75, 3.05) is 39.8 Å². The van der Waals surface area contributed by atoms with Gasteiger partial charge in [0, 0.05) is 39.3 Å². The molecule has 0 aromatic heterocycles. The summed E-state index contributed by atoms with van der Waals surface area (Å²) >= 11 is 0. The lowest BCUT2D eigenvalue weighted by atomic mass is 10.1. The summed E-state index contributed by atoms with van der Waals surface area (Å²) < 4.78 is 0. The molecule has 1 unspecified atom stereocenters. The third-order valence-electron chi connectivity index (χ3n) is 5.10. The average Bonchev–Trinajstić information content (AvgIpc) is 3.37. The molecule has 0 aromatic rings. The number of rotatable bonds is 6. The maximum absolute atomic E-state index is 12.3. The first-order chi connectivity index (χ1) is 11.2. The first-order valence-corrected chi connectivity index (χ1v) is 8.69. The third-order valence-corrected chi connectivity index (χ3v) is 5.10. The van der Waals surface area contributed by atoms with Gasteiger partial charge in [0.05, 0.1) is 18.7 Å². The smallest absolute Gasteiger partial charge is 0.237 e. The highest BCUT2D eigenvalue weighted by molar-refractivity contribution is 5.82. The van der Waals surface area contributed by atoms with Gasteiger partial charge in [-0.25, -0.2) is 0 Å². The van der Waals surface area contributed by atoms with Crippen molar-refractivity contribution in [2.24, 2.45) is 0 Å². The summed E-state index contributed by atoms with van der Waals surface area (Å²) in [6.45, 7) is 8.81. The van der Waals surface area contributed by atoms with Gasteiger partial charge in [-0.05, 0) is 33.6 Å². The third kappa shape index (κ3) is 4.68. The Morgan fingerprint density at radius 2 is 1.88 bits per heavy atom. The Hall–Kier alpha value is -1.65. The van der Waals surface area contributed by atoms with Crippen molar-refractivity contribution in [1.29, 1.82) is 5.26 Å². The van der Waals surface area contributed by atoms with Crippen LogP contribution in [0.15, 0.2) is 0 Å². The molecular weight excluding hydrogens is 306 g/mol. The second-order valence-electron chi connectivity index (χ2n) is 7.39. The summed E-state index contributed by atoms with van der Waals surface area (Å²) in [5, 5.41) is 12.2. The van der Waals surface area contributed by atoms with E-state index in [0.717, 1.165) is 39.0 Å². The zero-order valence-corrected chi connectivity index (χ0v) is 15.2. The Bertz CT molecular complexity index is 516. The molecule has 1 aliphatic carbocycles. The van der Waals surface area contributed by atoms with Gasteiger partial charge in [-0.2, -0.15) is 5.26 Å². The minimum atomic E-state index is -0.797. The molecule has 0 aromatic carbocycles. The number of carbonyl (C=O) groups is 2. The van der Waals surface area contributed by atoms with Crippen LogP contribution >= 0.6 is 0 Å². The fraction of sp³-hybridized carbons (Fsp3) is 0.824. The van der Waals surface area contributed by atoms with E-state index in [9.17, 15) is 9.59 Å². The molecule has 7 nitrogen and oxygen atoms in total. The van der Waals surface area contributed by atoms with Crippen LogP contribution < -0.4 is 5.32 Å². The van der Waals surface area contributed by atoms with Crippen LogP contribution in [0.25, 0.3) is 0 Å². The molecule has 1 saturated carbocycles. The highest BCUT2D eigenvalue weighted by Crippen LogP contribution is 2.19. The van der Waals surface area contributed by atoms with E-state index in [0.29, 0.717) is 12.6 Å². The van der Waals surface area contributed by atoms with E-state index in [1.807, 2.05) is 6.92 Å². The molecule has 2 fully saturated rings. The van der Waals surface area contributed by atoms with Crippen molar-refractivity contribution in [1.82, 2.24) is 20.0 Å². The number of nitrogens with one attached hydrogen (secondary N) is 1. The predicted molar refractivity (Wildman–Crippen MR) is 91.1 cm³/mol. The van der Waals surface area contributed by atoms with Crippen LogP contribution in [0.5, 0.6) is 0 Å². The fourth-order valence-corrected chi connectivity index (χ4v) is 2.71. The Morgan fingerprint density at radius 3 is 2.38 bits per heavy atom. The predicted octanol–water partition coefficient (Wildman–Crippen LogP) is 0.0317. The molecule has 0 bridgehead atoms. The van der Waals surface area contributed by atoms with Crippen LogP contribution in [0, 0.1) is 11.3 Å². The minimum absolute atomic E-state index is 0.0467. The lowest BCUT2D eigenvalue weighted by Gasteiger charge is -2.38. The van der Waals surface area contributed by atoms with Gasteiger partial charge >= 0.3 is 0 Å². The van der Waals surface area contributed by atoms with Crippen molar-refractivity contribution in [3.63, 3.8) is 0 Å². The summed E-state index contributed by atoms with van der Waals surface area (Å²) in [7, 11) is 1.67. The number of hydrogen-bond acceptors (Lipinski definition) is 5. The Morgan fingerprint density at radius 1 is 1.29 bits per heavy atom. The normalized spacial score (nSPS) is 21.0. The van der Waals surface area contributed by atoms with Crippen LogP contribution in [0.1, 0.15) is 33.6 Å². The largest absolute Gasteiger partial charge is 0.352 e. The van der Waals surface area contributed by atoms with E-state index >= 15 is 0 Å². The van der Waals surface area contributed by atoms with Crippen LogP contribution in [0.3, 0.4) is 0 Å². The van der Waals surface area contributed by atoms with Gasteiger partial charge in [-0.1, -0.05) is 0 Å². The number of nitrogens with zero attached hydrogens (tertiary/aromatic N) is 4. The molecule has 1 atom stereocenters. The van der Waals surface area contributed by atoms with Gasteiger partial charge in [0.1, 0.15) is 5.54 Å². The Kier molecular flexibility index (Phi) is 5.83. The molecule has 7 heteroatoms. The van der Waals surface area contributed by atoms with Crippen molar-refractivity contribution < 1.29 is 9.59 Å². The fourth-order valence-electron chi connectivity index (χ4n) is 2.71. The molecule has 1 aliphatic heterocycles. The van der Waals surface area contributed by atoms with Gasteiger partial charge in [-0.15, -0.1) is 0 Å². The number of piperazine rings is 1. The van der Waals surface area contributed by atoms with Crippen molar-refractivity contribution in [2.45, 2.75) is 51.2 Å². The van der Waals surface area contributed by atoms with E-state index in [-0.39, 0.29) is 17.9 Å². The molecule has 1 N–H and O–H groups in total. The van der Waals surface area contributed by atoms with Crippen LogP contribution in [-0.2, 0) is 9.59 Å². The summed E-state index contributed by atoms with van der Waals surface area (Å²) in [5.74, 6) is 0.0621. The summed E-state index contributed by atoms with van der Waals surface area (Å²) in [4.78, 5) is 30.2. The quantitative estimate of drug-likeness (QED) is 0.741. The lowest BCUT2D eigenvalue weighted by molar-refractivity contribution is -0.135. The number of carbonyl (C=O) groups excluding carboxylic acids is 2. The maximum atomic E-state index is 12.3. The Balaban J connectivity index is 1.77. The van der Waals surface area contributed by atoms with Gasteiger partial charge < -0.3 is 10.2 Å². The van der Waals surface area contributed by atoms with Gasteiger partial charge in [-0.3, -0.25) is 19.4 Å². The summed E-state index contributed by atoms with van der Waals surface area (Å²) in [5.41, 5.74) is -0.797. The number of amides is 2. The molecule has 0 spiro atoms. The van der Waals surface area contributed by atoms with Crippen LogP contribution in [0.2, 0.25) is 0 Å². The van der Waals surface area contributed by atoms with Crippen molar-refractivity contribution in [3.8, 4) is 6.07 Å². The highest BCUT2D eigenvalue weighted by atomic mass is 16.2. The molecule has 134 valence electrons. The SMILES string of the molecule is CC(C(=O)NC1CC1)N1CCN(CC(=O)N(C)C(C)(C)C#N)CC1. The van der Waals surface area contributed by atoms with Crippen molar-refractivity contribution >= 4 is 11.8 Å². The van der Waals surface area contributed by atoms with Gasteiger partial charge in [0.25, 0.3) is 0 Å². The average molecular weight is 335 g/mol. The zero-order chi connectivity index (χ0) is 17.9. The molecule has 1 heterocycles. The topological polar surface area (TPSA) is 79.7 Å². The van der Waals surface area contributed by atoms with E-state index in [1.54, 1.807) is 20.9 Å². The van der Waals surface area contributed by atoms with Gasteiger partial charge in [0.2, 0.25) is 11.8 Å². The summed E-state index contributed by atoms with van der Waals surface area (Å²) in [6.07, 6.45) is 2.20. The highest BCUT2D eigenvalue weighted by Gasteiger charge is 2.32. The maximum Gasteiger partial charge on any atom is 0.237 e. The second kappa shape index (κ2) is 7.49. The first kappa shape index (κ1) is 18.7. The van der Waals surface area contributed by atoms with Crippen LogP contribution in [-0.4, -0.2) is 83.9 Å². The number of likely N-dealkylation sites (N-methyl/N-ethyl adjacent to an activating group) is 1. The second-order valence-corrected chi connectivity index (χ2v) is 7.39. The van der Waals surface area contributed by atoms with Crippen molar-refractivity contribution in [3.05, 3.63) is 0 Å². The molecule has 2 rings (SSSR count). The standard InChI is InChI=1S/C17H29N5O2/c1-13(16(24)19-14-5-6-14)22-9-7-21(8-10-22)11-15(23)20(4)17(2,3)12-18/h13-14H,5-11H2,1-4H3,(H,19,24). The zero-order valence-electron chi connectivity index (χ0n) is 15.2. The molecule has 0 radical (unpaired) electrons. The number of hydrogen-bond donors (Lipinski definition) is 1. The Labute approximate surface area is 144 Å². The molecule has 24 heavy (non-hydrogen) atoms. The van der Waals surface area contributed by atoms with E-state index in [2.05, 4.69) is 21.2 Å². The molecule has 1 saturated heterocycles. The number of nitriles is 1. The molecule has 2 amide bonds. The van der Waals surface area contributed by atoms with E-state index in [1.165, 1.54) is 4.90 Å². The molecule has 2 aliphatic rings.